The molecule has 1 unspecified atom stereocenters. The number of unbranched alkanes of at least 4 members (excludes halogenated alkanes) is 2. The lowest BCUT2D eigenvalue weighted by molar-refractivity contribution is -0.305. The van der Waals surface area contributed by atoms with E-state index >= 15 is 0 Å². The van der Waals surface area contributed by atoms with Gasteiger partial charge in [-0.1, -0.05) is 42.8 Å². The Balaban J connectivity index is 1.74. The number of hydrogen-bond acceptors (Lipinski definition) is 6. The topological polar surface area (TPSA) is 128 Å². The van der Waals surface area contributed by atoms with Crippen LogP contribution in [-0.4, -0.2) is 48.4 Å². The van der Waals surface area contributed by atoms with Crippen molar-refractivity contribution in [3.8, 4) is 0 Å². The third kappa shape index (κ3) is 7.05. The number of anilines is 1. The number of hydrogen-bond donors (Lipinski definition) is 3. The van der Waals surface area contributed by atoms with Crippen LogP contribution in [0.2, 0.25) is 0 Å². The Morgan fingerprint density at radius 2 is 1.91 bits per heavy atom. The minimum Gasteiger partial charge on any atom is -0.550 e. The molecule has 8 heteroatoms. The lowest BCUT2D eigenvalue weighted by Crippen LogP contribution is -2.44. The average molecular weight is 452 g/mol. The Morgan fingerprint density at radius 1 is 1.12 bits per heavy atom. The molecule has 2 aromatic carbocycles. The summed E-state index contributed by atoms with van der Waals surface area (Å²) < 4.78 is 0. The largest absolute Gasteiger partial charge is 0.550 e. The molecule has 0 radical (unpaired) electrons. The summed E-state index contributed by atoms with van der Waals surface area (Å²) in [4.78, 5) is 38.6. The standard InChI is InChI=1S/C25H32N4O4/c26-12-5-2-6-13-27-24(32)19-9-10-20-17-29(14-11-18-7-3-1-4-8-18)25(33)22(16-23(30)31)28-21(20)15-19/h1,3-4,7-10,15,22,28H,2,5-6,11-14,16-17,26H2,(H,27,32)(H,30,31)/p-1. The molecule has 0 saturated carbocycles. The Bertz CT molecular complexity index is 964. The fraction of sp³-hybridized carbons (Fsp3) is 0.400. The highest BCUT2D eigenvalue weighted by Crippen LogP contribution is 2.26. The molecule has 1 aliphatic rings. The number of aliphatic carboxylic acids is 1. The summed E-state index contributed by atoms with van der Waals surface area (Å²) in [6, 6.07) is 14.1. The van der Waals surface area contributed by atoms with E-state index in [2.05, 4.69) is 10.6 Å². The van der Waals surface area contributed by atoms with E-state index in [0.29, 0.717) is 43.9 Å². The van der Waals surface area contributed by atoms with Gasteiger partial charge in [-0.15, -0.1) is 0 Å². The molecule has 8 nitrogen and oxygen atoms in total. The van der Waals surface area contributed by atoms with Crippen LogP contribution in [0, 0.1) is 0 Å². The molecule has 176 valence electrons. The van der Waals surface area contributed by atoms with Gasteiger partial charge in [-0.25, -0.2) is 0 Å². The number of nitrogens with zero attached hydrogens (tertiary/aromatic N) is 1. The van der Waals surface area contributed by atoms with Crippen molar-refractivity contribution in [2.45, 2.75) is 44.7 Å². The number of nitrogens with one attached hydrogen (secondary N) is 2. The maximum atomic E-state index is 13.1. The molecule has 4 N–H and O–H groups in total. The van der Waals surface area contributed by atoms with Crippen LogP contribution in [0.4, 0.5) is 5.69 Å². The molecule has 0 aromatic heterocycles. The predicted octanol–water partition coefficient (Wildman–Crippen LogP) is 1.05. The highest BCUT2D eigenvalue weighted by atomic mass is 16.4. The molecule has 1 aliphatic heterocycles. The van der Waals surface area contributed by atoms with Gasteiger partial charge < -0.3 is 31.2 Å². The lowest BCUT2D eigenvalue weighted by atomic mass is 10.1. The summed E-state index contributed by atoms with van der Waals surface area (Å²) in [5.41, 5.74) is 8.46. The van der Waals surface area contributed by atoms with Crippen LogP contribution in [0.25, 0.3) is 0 Å². The fourth-order valence-corrected chi connectivity index (χ4v) is 3.90. The second-order valence-electron chi connectivity index (χ2n) is 8.25. The zero-order chi connectivity index (χ0) is 23.6. The summed E-state index contributed by atoms with van der Waals surface area (Å²) in [5, 5.41) is 17.2. The Morgan fingerprint density at radius 3 is 2.64 bits per heavy atom. The molecule has 0 aliphatic carbocycles. The van der Waals surface area contributed by atoms with Crippen molar-refractivity contribution < 1.29 is 19.5 Å². The van der Waals surface area contributed by atoms with Crippen LogP contribution in [0.15, 0.2) is 48.5 Å². The van der Waals surface area contributed by atoms with E-state index in [1.54, 1.807) is 17.0 Å². The Kier molecular flexibility index (Phi) is 8.83. The van der Waals surface area contributed by atoms with Crippen molar-refractivity contribution in [2.24, 2.45) is 5.73 Å². The molecular formula is C25H31N4O4-. The van der Waals surface area contributed by atoms with Gasteiger partial charge in [0.1, 0.15) is 6.04 Å². The molecule has 1 atom stereocenters. The van der Waals surface area contributed by atoms with Gasteiger partial charge in [0, 0.05) is 43.3 Å². The first kappa shape index (κ1) is 24.3. The molecule has 3 rings (SSSR count). The molecule has 2 amide bonds. The zero-order valence-corrected chi connectivity index (χ0v) is 18.7. The van der Waals surface area contributed by atoms with Gasteiger partial charge >= 0.3 is 0 Å². The molecule has 0 fully saturated rings. The molecular weight excluding hydrogens is 420 g/mol. The molecule has 0 bridgehead atoms. The fourth-order valence-electron chi connectivity index (χ4n) is 3.90. The smallest absolute Gasteiger partial charge is 0.251 e. The minimum atomic E-state index is -1.31. The number of rotatable bonds is 11. The normalized spacial score (nSPS) is 15.4. The summed E-state index contributed by atoms with van der Waals surface area (Å²) in [6.07, 6.45) is 2.94. The number of carboxylic acids is 1. The van der Waals surface area contributed by atoms with E-state index in [1.807, 2.05) is 36.4 Å². The van der Waals surface area contributed by atoms with E-state index in [0.717, 1.165) is 30.4 Å². The van der Waals surface area contributed by atoms with Crippen LogP contribution in [0.3, 0.4) is 0 Å². The van der Waals surface area contributed by atoms with Gasteiger partial charge in [0.05, 0.1) is 0 Å². The SMILES string of the molecule is NCCCCCNC(=O)c1ccc2c(c1)NC(CC(=O)[O-])C(=O)N(CCc1ccccc1)C2. The quantitative estimate of drug-likeness (QED) is 0.438. The highest BCUT2D eigenvalue weighted by molar-refractivity contribution is 5.96. The third-order valence-corrected chi connectivity index (χ3v) is 5.72. The number of carbonyl (C=O) groups is 3. The van der Waals surface area contributed by atoms with Gasteiger partial charge in [-0.3, -0.25) is 9.59 Å². The van der Waals surface area contributed by atoms with Gasteiger partial charge in [-0.2, -0.15) is 0 Å². The number of nitrogens with two attached hydrogens (primary N) is 1. The van der Waals surface area contributed by atoms with Crippen molar-refractivity contribution in [3.63, 3.8) is 0 Å². The second kappa shape index (κ2) is 12.0. The zero-order valence-electron chi connectivity index (χ0n) is 18.7. The van der Waals surface area contributed by atoms with Crippen molar-refractivity contribution in [1.82, 2.24) is 10.2 Å². The molecule has 2 aromatic rings. The Hall–Kier alpha value is -3.39. The summed E-state index contributed by atoms with van der Waals surface area (Å²) in [5.74, 6) is -1.81. The van der Waals surface area contributed by atoms with Gasteiger partial charge in [0.2, 0.25) is 5.91 Å². The van der Waals surface area contributed by atoms with Gasteiger partial charge in [-0.05, 0) is 49.1 Å². The van der Waals surface area contributed by atoms with Crippen molar-refractivity contribution in [2.75, 3.05) is 25.0 Å². The average Bonchev–Trinajstić information content (AvgIpc) is 2.93. The number of amides is 2. The maximum Gasteiger partial charge on any atom is 0.251 e. The van der Waals surface area contributed by atoms with Crippen molar-refractivity contribution >= 4 is 23.5 Å². The first-order chi connectivity index (χ1) is 16.0. The molecule has 0 saturated heterocycles. The van der Waals surface area contributed by atoms with Crippen LogP contribution < -0.4 is 21.5 Å². The Labute approximate surface area is 194 Å². The van der Waals surface area contributed by atoms with Crippen LogP contribution in [0.5, 0.6) is 0 Å². The van der Waals surface area contributed by atoms with Crippen molar-refractivity contribution in [1.29, 1.82) is 0 Å². The number of fused-ring (bicyclic) bond motifs is 1. The lowest BCUT2D eigenvalue weighted by Gasteiger charge is -2.25. The number of benzene rings is 2. The van der Waals surface area contributed by atoms with Crippen LogP contribution in [0.1, 0.15) is 47.2 Å². The van der Waals surface area contributed by atoms with E-state index in [4.69, 9.17) is 5.73 Å². The molecule has 0 spiro atoms. The molecule has 33 heavy (non-hydrogen) atoms. The second-order valence-corrected chi connectivity index (χ2v) is 8.25. The van der Waals surface area contributed by atoms with E-state index in [1.165, 1.54) is 0 Å². The van der Waals surface area contributed by atoms with Crippen LogP contribution in [-0.2, 0) is 22.6 Å². The van der Waals surface area contributed by atoms with Gasteiger partial charge in [0.25, 0.3) is 5.91 Å². The van der Waals surface area contributed by atoms with Crippen molar-refractivity contribution in [3.05, 3.63) is 65.2 Å². The highest BCUT2D eigenvalue weighted by Gasteiger charge is 2.29. The maximum absolute atomic E-state index is 13.1. The monoisotopic (exact) mass is 451 g/mol. The summed E-state index contributed by atoms with van der Waals surface area (Å²) in [6.45, 7) is 1.98. The number of carboxylic acid groups (broad SMARTS) is 1. The third-order valence-electron chi connectivity index (χ3n) is 5.72. The first-order valence-corrected chi connectivity index (χ1v) is 11.4. The minimum absolute atomic E-state index is 0.208. The summed E-state index contributed by atoms with van der Waals surface area (Å²) in [7, 11) is 0. The van der Waals surface area contributed by atoms with E-state index < -0.39 is 18.4 Å². The van der Waals surface area contributed by atoms with Crippen LogP contribution >= 0.6 is 0 Å². The first-order valence-electron chi connectivity index (χ1n) is 11.4. The van der Waals surface area contributed by atoms with E-state index in [9.17, 15) is 19.5 Å². The summed E-state index contributed by atoms with van der Waals surface area (Å²) >= 11 is 0. The van der Waals surface area contributed by atoms with Gasteiger partial charge in [0.15, 0.2) is 0 Å². The van der Waals surface area contributed by atoms with E-state index in [-0.39, 0.29) is 11.8 Å². The molecule has 1 heterocycles. The number of carbonyl (C=O) groups excluding carboxylic acids is 3. The predicted molar refractivity (Wildman–Crippen MR) is 124 cm³/mol.